The van der Waals surface area contributed by atoms with Crippen LogP contribution in [0.3, 0.4) is 0 Å². The van der Waals surface area contributed by atoms with Crippen LogP contribution in [0.4, 0.5) is 5.69 Å². The quantitative estimate of drug-likeness (QED) is 0.728. The summed E-state index contributed by atoms with van der Waals surface area (Å²) in [5, 5.41) is 8.22. The molecule has 0 saturated carbocycles. The minimum absolute atomic E-state index is 0.121. The number of nitrogens with one attached hydrogen (secondary N) is 3. The van der Waals surface area contributed by atoms with E-state index in [1.807, 2.05) is 0 Å². The highest BCUT2D eigenvalue weighted by Gasteiger charge is 2.27. The van der Waals surface area contributed by atoms with Gasteiger partial charge in [0.25, 0.3) is 5.91 Å². The molecule has 2 amide bonds. The molecule has 3 N–H and O–H groups in total. The Morgan fingerprint density at radius 2 is 2.00 bits per heavy atom. The summed E-state index contributed by atoms with van der Waals surface area (Å²) in [6.07, 6.45) is 1.56. The Morgan fingerprint density at radius 3 is 2.58 bits per heavy atom. The second-order valence-corrected chi connectivity index (χ2v) is 4.83. The van der Waals surface area contributed by atoms with Crippen molar-refractivity contribution in [2.75, 3.05) is 26.0 Å². The molecule has 6 nitrogen and oxygen atoms in total. The Morgan fingerprint density at radius 1 is 1.32 bits per heavy atom. The molecular formula is C13H20N4O2. The van der Waals surface area contributed by atoms with E-state index in [2.05, 4.69) is 20.9 Å². The van der Waals surface area contributed by atoms with E-state index < -0.39 is 5.41 Å². The number of nitrogens with zero attached hydrogens (tertiary/aromatic N) is 1. The topological polar surface area (TPSA) is 83.1 Å². The molecule has 19 heavy (non-hydrogen) atoms. The molecule has 1 rings (SSSR count). The third-order valence-corrected chi connectivity index (χ3v) is 2.81. The number of carbonyl (C=O) groups excluding carboxylic acids is 2. The zero-order valence-corrected chi connectivity index (χ0v) is 11.7. The largest absolute Gasteiger partial charge is 0.388 e. The molecule has 1 aromatic heterocycles. The first-order chi connectivity index (χ1) is 8.90. The number of hydrogen-bond acceptors (Lipinski definition) is 4. The summed E-state index contributed by atoms with van der Waals surface area (Å²) >= 11 is 0. The highest BCUT2D eigenvalue weighted by Crippen LogP contribution is 2.13. The van der Waals surface area contributed by atoms with Gasteiger partial charge in [0.15, 0.2) is 0 Å². The van der Waals surface area contributed by atoms with Crippen LogP contribution in [-0.2, 0) is 4.79 Å². The number of carbonyl (C=O) groups is 2. The molecule has 1 heterocycles. The normalized spacial score (nSPS) is 10.7. The van der Waals surface area contributed by atoms with E-state index in [9.17, 15) is 9.59 Å². The van der Waals surface area contributed by atoms with Crippen molar-refractivity contribution in [2.24, 2.45) is 5.41 Å². The van der Waals surface area contributed by atoms with Gasteiger partial charge in [0.05, 0.1) is 5.41 Å². The van der Waals surface area contributed by atoms with Gasteiger partial charge in [-0.25, -0.2) is 0 Å². The van der Waals surface area contributed by atoms with Crippen molar-refractivity contribution >= 4 is 17.5 Å². The summed E-state index contributed by atoms with van der Waals surface area (Å²) < 4.78 is 0. The highest BCUT2D eigenvalue weighted by molar-refractivity contribution is 5.93. The van der Waals surface area contributed by atoms with E-state index in [0.717, 1.165) is 5.69 Å². The Balaban J connectivity index is 2.67. The van der Waals surface area contributed by atoms with Gasteiger partial charge in [0.1, 0.15) is 5.69 Å². The number of aromatic nitrogens is 1. The SMILES string of the molecule is CNC(=O)C(C)(C)CNC(=O)c1cc(NC)ccn1. The van der Waals surface area contributed by atoms with Crippen LogP contribution in [0.5, 0.6) is 0 Å². The molecule has 0 bridgehead atoms. The van der Waals surface area contributed by atoms with Crippen molar-refractivity contribution in [3.05, 3.63) is 24.0 Å². The van der Waals surface area contributed by atoms with Gasteiger partial charge in [-0.3, -0.25) is 14.6 Å². The van der Waals surface area contributed by atoms with Gasteiger partial charge < -0.3 is 16.0 Å². The number of pyridine rings is 1. The highest BCUT2D eigenvalue weighted by atomic mass is 16.2. The van der Waals surface area contributed by atoms with Crippen LogP contribution in [0.15, 0.2) is 18.3 Å². The molecule has 0 unspecified atom stereocenters. The Labute approximate surface area is 113 Å². The molecular weight excluding hydrogens is 244 g/mol. The first kappa shape index (κ1) is 14.9. The van der Waals surface area contributed by atoms with E-state index in [-0.39, 0.29) is 18.4 Å². The minimum atomic E-state index is -0.662. The van der Waals surface area contributed by atoms with Crippen LogP contribution in [0.25, 0.3) is 0 Å². The first-order valence-corrected chi connectivity index (χ1v) is 6.05. The summed E-state index contributed by atoms with van der Waals surface area (Å²) in [5.74, 6) is -0.418. The second-order valence-electron chi connectivity index (χ2n) is 4.83. The first-order valence-electron chi connectivity index (χ1n) is 6.05. The predicted molar refractivity (Wildman–Crippen MR) is 74.0 cm³/mol. The molecule has 0 saturated heterocycles. The lowest BCUT2D eigenvalue weighted by atomic mass is 9.92. The average molecular weight is 264 g/mol. The van der Waals surface area contributed by atoms with Crippen molar-refractivity contribution in [1.29, 1.82) is 0 Å². The van der Waals surface area contributed by atoms with E-state index in [0.29, 0.717) is 5.69 Å². The fourth-order valence-corrected chi connectivity index (χ4v) is 1.52. The van der Waals surface area contributed by atoms with E-state index >= 15 is 0 Å². The summed E-state index contributed by atoms with van der Waals surface area (Å²) in [6.45, 7) is 3.78. The smallest absolute Gasteiger partial charge is 0.269 e. The summed E-state index contributed by atoms with van der Waals surface area (Å²) in [5.41, 5.74) is 0.468. The maximum Gasteiger partial charge on any atom is 0.269 e. The van der Waals surface area contributed by atoms with Crippen molar-refractivity contribution in [2.45, 2.75) is 13.8 Å². The zero-order valence-electron chi connectivity index (χ0n) is 11.7. The minimum Gasteiger partial charge on any atom is -0.388 e. The molecule has 0 fully saturated rings. The Hall–Kier alpha value is -2.11. The summed E-state index contributed by atoms with van der Waals surface area (Å²) in [4.78, 5) is 27.5. The van der Waals surface area contributed by atoms with Crippen LogP contribution in [0.2, 0.25) is 0 Å². The van der Waals surface area contributed by atoms with Crippen LogP contribution >= 0.6 is 0 Å². The van der Waals surface area contributed by atoms with Crippen molar-refractivity contribution in [1.82, 2.24) is 15.6 Å². The fraction of sp³-hybridized carbons (Fsp3) is 0.462. The van der Waals surface area contributed by atoms with Gasteiger partial charge >= 0.3 is 0 Å². The molecule has 1 aromatic rings. The Kier molecular flexibility index (Phi) is 4.86. The molecule has 6 heteroatoms. The predicted octanol–water partition coefficient (Wildman–Crippen LogP) is 0.625. The lowest BCUT2D eigenvalue weighted by molar-refractivity contribution is -0.128. The van der Waals surface area contributed by atoms with Crippen LogP contribution in [0, 0.1) is 5.41 Å². The third kappa shape index (κ3) is 3.94. The number of anilines is 1. The Bertz CT molecular complexity index is 471. The van der Waals surface area contributed by atoms with Gasteiger partial charge in [-0.2, -0.15) is 0 Å². The van der Waals surface area contributed by atoms with Gasteiger partial charge in [0, 0.05) is 32.5 Å². The van der Waals surface area contributed by atoms with Gasteiger partial charge in [0.2, 0.25) is 5.91 Å². The standard InChI is InChI=1S/C13H20N4O2/c1-13(2,12(19)15-4)8-17-11(18)10-7-9(14-3)5-6-16-10/h5-7H,8H2,1-4H3,(H,14,16)(H,15,19)(H,17,18). The molecule has 0 radical (unpaired) electrons. The zero-order chi connectivity index (χ0) is 14.5. The van der Waals surface area contributed by atoms with E-state index in [1.54, 1.807) is 46.3 Å². The van der Waals surface area contributed by atoms with E-state index in [4.69, 9.17) is 0 Å². The summed E-state index contributed by atoms with van der Waals surface area (Å²) in [7, 11) is 3.34. The number of amides is 2. The molecule has 0 atom stereocenters. The molecule has 0 aliphatic carbocycles. The van der Waals surface area contributed by atoms with Crippen LogP contribution in [-0.4, -0.2) is 37.4 Å². The van der Waals surface area contributed by atoms with Gasteiger partial charge in [-0.15, -0.1) is 0 Å². The molecule has 0 aliphatic heterocycles. The lowest BCUT2D eigenvalue weighted by Crippen LogP contribution is -2.43. The molecule has 0 aromatic carbocycles. The fourth-order valence-electron chi connectivity index (χ4n) is 1.52. The maximum absolute atomic E-state index is 11.9. The van der Waals surface area contributed by atoms with Crippen molar-refractivity contribution < 1.29 is 9.59 Å². The monoisotopic (exact) mass is 264 g/mol. The second kappa shape index (κ2) is 6.17. The molecule has 0 aliphatic rings. The van der Waals surface area contributed by atoms with Gasteiger partial charge in [-0.1, -0.05) is 0 Å². The third-order valence-electron chi connectivity index (χ3n) is 2.81. The molecule has 0 spiro atoms. The van der Waals surface area contributed by atoms with Crippen molar-refractivity contribution in [3.63, 3.8) is 0 Å². The molecule has 104 valence electrons. The van der Waals surface area contributed by atoms with Crippen LogP contribution in [0.1, 0.15) is 24.3 Å². The average Bonchev–Trinajstić information content (AvgIpc) is 2.43. The maximum atomic E-state index is 11.9. The number of rotatable bonds is 5. The number of hydrogen-bond donors (Lipinski definition) is 3. The van der Waals surface area contributed by atoms with E-state index in [1.165, 1.54) is 0 Å². The summed E-state index contributed by atoms with van der Waals surface area (Å²) in [6, 6.07) is 3.42. The van der Waals surface area contributed by atoms with Gasteiger partial charge in [-0.05, 0) is 26.0 Å². The van der Waals surface area contributed by atoms with Crippen molar-refractivity contribution in [3.8, 4) is 0 Å². The van der Waals surface area contributed by atoms with Crippen LogP contribution < -0.4 is 16.0 Å². The lowest BCUT2D eigenvalue weighted by Gasteiger charge is -2.22.